The van der Waals surface area contributed by atoms with E-state index < -0.39 is 35.7 Å². The van der Waals surface area contributed by atoms with E-state index in [1.54, 1.807) is 29.5 Å². The highest BCUT2D eigenvalue weighted by Crippen LogP contribution is 2.34. The number of hydrogen-bond donors (Lipinski definition) is 5. The van der Waals surface area contributed by atoms with Gasteiger partial charge in [0.2, 0.25) is 17.7 Å². The summed E-state index contributed by atoms with van der Waals surface area (Å²) in [5.74, 6) is -0.867. The van der Waals surface area contributed by atoms with Crippen molar-refractivity contribution in [3.63, 3.8) is 0 Å². The van der Waals surface area contributed by atoms with Gasteiger partial charge in [-0.3, -0.25) is 53.7 Å². The molecule has 21 nitrogen and oxygen atoms in total. The minimum atomic E-state index is -1.07. The number of nitrogens with zero attached hydrogens (tertiary/aromatic N) is 6. The number of nitrogens with one attached hydrogen (secondary N) is 5. The van der Waals surface area contributed by atoms with Crippen LogP contribution in [0.1, 0.15) is 60.1 Å². The number of piperazine rings is 1. The predicted octanol–water partition coefficient (Wildman–Crippen LogP) is 4.80. The molecule has 9 rings (SSSR count). The number of imide groups is 2. The van der Waals surface area contributed by atoms with Crippen molar-refractivity contribution in [2.75, 3.05) is 101 Å². The third-order valence-electron chi connectivity index (χ3n) is 12.5. The molecule has 6 heterocycles. The second-order valence-electron chi connectivity index (χ2n) is 18.6. The number of amides is 7. The molecule has 5 N–H and O–H groups in total. The minimum Gasteiger partial charge on any atom is -0.492 e. The normalized spacial score (nSPS) is 16.6. The zero-order valence-electron chi connectivity index (χ0n) is 40.3. The van der Waals surface area contributed by atoms with E-state index in [0.717, 1.165) is 76.4 Å². The first-order valence-corrected chi connectivity index (χ1v) is 24.7. The van der Waals surface area contributed by atoms with Crippen molar-refractivity contribution in [1.29, 1.82) is 0 Å². The quantitative estimate of drug-likeness (QED) is 0.0510. The predicted molar refractivity (Wildman–Crippen MR) is 268 cm³/mol. The standard InChI is InChI=1S/C50H57N11O10S/c1-50(2,3)40-28-41(57-71-40)55-48(67)53-32-9-7-31(8-10-32)36-30-60-37-12-11-33(27-39(37)72-49(60)54-36)70-24-21-59-18-16-58(17-19-59)20-23-69-26-25-68-22-15-51-43(63)29-52-35-6-4-5-34-44(35)47(66)61(46(34)65)38-13-14-42(62)56-45(38)64/h4-12,27-28,30,38,52H,13-26,29H2,1-3H3,(H,51,63)(H,56,62,64)(H2,53,55,57,67). The molecule has 378 valence electrons. The molecule has 3 aliphatic rings. The Morgan fingerprint density at radius 2 is 1.61 bits per heavy atom. The molecule has 3 aliphatic heterocycles. The number of rotatable bonds is 20. The number of anilines is 3. The molecule has 0 aliphatic carbocycles. The topological polar surface area (TPSA) is 243 Å². The van der Waals surface area contributed by atoms with Gasteiger partial charge in [0.05, 0.1) is 60.0 Å². The number of benzene rings is 3. The molecule has 2 fully saturated rings. The van der Waals surface area contributed by atoms with Crippen molar-refractivity contribution in [2.24, 2.45) is 0 Å². The van der Waals surface area contributed by atoms with Gasteiger partial charge < -0.3 is 34.7 Å². The summed E-state index contributed by atoms with van der Waals surface area (Å²) in [7, 11) is 0. The lowest BCUT2D eigenvalue weighted by atomic mass is 9.93. The highest BCUT2D eigenvalue weighted by molar-refractivity contribution is 7.23. The summed E-state index contributed by atoms with van der Waals surface area (Å²) >= 11 is 1.61. The third-order valence-corrected chi connectivity index (χ3v) is 13.6. The van der Waals surface area contributed by atoms with Crippen molar-refractivity contribution in [2.45, 2.75) is 45.1 Å². The fourth-order valence-electron chi connectivity index (χ4n) is 8.61. The first kappa shape index (κ1) is 49.7. The number of carbonyl (C=O) groups is 6. The second kappa shape index (κ2) is 22.0. The summed E-state index contributed by atoms with van der Waals surface area (Å²) in [6.07, 6.45) is 2.11. The van der Waals surface area contributed by atoms with Gasteiger partial charge in [-0.25, -0.2) is 9.78 Å². The van der Waals surface area contributed by atoms with Gasteiger partial charge in [-0.15, -0.1) is 0 Å². The third kappa shape index (κ3) is 11.7. The van der Waals surface area contributed by atoms with E-state index in [4.69, 9.17) is 23.7 Å². The molecular weight excluding hydrogens is 947 g/mol. The van der Waals surface area contributed by atoms with Crippen molar-refractivity contribution in [3.05, 3.63) is 89.8 Å². The molecule has 3 aromatic heterocycles. The molecule has 0 bridgehead atoms. The average Bonchev–Trinajstić information content (AvgIpc) is 4.14. The van der Waals surface area contributed by atoms with Gasteiger partial charge in [-0.1, -0.05) is 55.5 Å². The average molecular weight is 1000 g/mol. The Bertz CT molecular complexity index is 2970. The van der Waals surface area contributed by atoms with Crippen LogP contribution in [0.2, 0.25) is 0 Å². The van der Waals surface area contributed by atoms with Gasteiger partial charge >= 0.3 is 6.03 Å². The lowest BCUT2D eigenvalue weighted by Gasteiger charge is -2.34. The SMILES string of the molecule is CC(C)(C)c1cc(NC(=O)Nc2ccc(-c3cn4c(n3)sc3cc(OCCN5CCN(CCOCCOCCNC(=O)CNc6cccc7c6C(=O)N(C6CCC(=O)NC6=O)C7=O)CC5)ccc34)cc2)no1. The van der Waals surface area contributed by atoms with Crippen LogP contribution in [0.25, 0.3) is 26.4 Å². The van der Waals surface area contributed by atoms with Gasteiger partial charge in [0.1, 0.15) is 24.2 Å². The molecule has 7 amide bonds. The Morgan fingerprint density at radius 3 is 2.35 bits per heavy atom. The molecule has 0 radical (unpaired) electrons. The van der Waals surface area contributed by atoms with Gasteiger partial charge in [-0.2, -0.15) is 0 Å². The van der Waals surface area contributed by atoms with Gasteiger partial charge in [0.15, 0.2) is 10.8 Å². The monoisotopic (exact) mass is 1000 g/mol. The summed E-state index contributed by atoms with van der Waals surface area (Å²) < 4.78 is 26.1. The summed E-state index contributed by atoms with van der Waals surface area (Å²) in [4.78, 5) is 86.9. The zero-order chi connectivity index (χ0) is 50.4. The van der Waals surface area contributed by atoms with E-state index in [2.05, 4.69) is 58.1 Å². The van der Waals surface area contributed by atoms with Crippen LogP contribution in [0, 0.1) is 0 Å². The highest BCUT2D eigenvalue weighted by Gasteiger charge is 2.45. The van der Waals surface area contributed by atoms with E-state index in [1.807, 2.05) is 57.3 Å². The summed E-state index contributed by atoms with van der Waals surface area (Å²) in [5.41, 5.74) is 3.76. The fraction of sp³-hybridized carbons (Fsp3) is 0.400. The number of hydrogen-bond acceptors (Lipinski definition) is 16. The van der Waals surface area contributed by atoms with E-state index >= 15 is 0 Å². The molecule has 0 saturated carbocycles. The van der Waals surface area contributed by atoms with Crippen LogP contribution in [0.4, 0.5) is 22.0 Å². The van der Waals surface area contributed by atoms with Crippen LogP contribution in [0.5, 0.6) is 5.75 Å². The Morgan fingerprint density at radius 1 is 0.861 bits per heavy atom. The molecule has 0 spiro atoms. The molecule has 6 aromatic rings. The number of ether oxygens (including phenoxy) is 3. The zero-order valence-corrected chi connectivity index (χ0v) is 41.1. The number of carbonyl (C=O) groups excluding carboxylic acids is 6. The number of urea groups is 1. The van der Waals surface area contributed by atoms with Crippen LogP contribution < -0.4 is 31.3 Å². The number of piperidine rings is 1. The maximum atomic E-state index is 13.3. The van der Waals surface area contributed by atoms with Gasteiger partial charge in [0, 0.05) is 86.9 Å². The van der Waals surface area contributed by atoms with E-state index in [9.17, 15) is 28.8 Å². The highest BCUT2D eigenvalue weighted by atomic mass is 32.1. The molecule has 72 heavy (non-hydrogen) atoms. The Hall–Kier alpha value is -7.24. The van der Waals surface area contributed by atoms with Crippen LogP contribution in [-0.2, 0) is 29.3 Å². The maximum Gasteiger partial charge on any atom is 0.324 e. The largest absolute Gasteiger partial charge is 0.492 e. The first-order chi connectivity index (χ1) is 34.8. The molecular formula is C50H57N11O10S. The summed E-state index contributed by atoms with van der Waals surface area (Å²) in [5, 5.41) is 17.3. The molecule has 3 aromatic carbocycles. The number of fused-ring (bicyclic) bond motifs is 4. The van der Waals surface area contributed by atoms with Crippen LogP contribution in [0.15, 0.2) is 77.4 Å². The second-order valence-corrected chi connectivity index (χ2v) is 19.6. The summed E-state index contributed by atoms with van der Waals surface area (Å²) in [6, 6.07) is 18.6. The van der Waals surface area contributed by atoms with Crippen LogP contribution >= 0.6 is 11.3 Å². The van der Waals surface area contributed by atoms with Gasteiger partial charge in [0.25, 0.3) is 11.8 Å². The number of imidazole rings is 1. The minimum absolute atomic E-state index is 0.0269. The Balaban J connectivity index is 0.609. The van der Waals surface area contributed by atoms with Gasteiger partial charge in [-0.05, 0) is 48.9 Å². The van der Waals surface area contributed by atoms with Crippen LogP contribution in [0.3, 0.4) is 0 Å². The number of aromatic nitrogens is 3. The lowest BCUT2D eigenvalue weighted by Crippen LogP contribution is -2.54. The first-order valence-electron chi connectivity index (χ1n) is 23.9. The van der Waals surface area contributed by atoms with Crippen LogP contribution in [-0.4, -0.2) is 156 Å². The molecule has 2 saturated heterocycles. The Labute approximate surface area is 418 Å². The maximum absolute atomic E-state index is 13.3. The molecule has 1 atom stereocenters. The number of thiazole rings is 1. The van der Waals surface area contributed by atoms with Crippen molar-refractivity contribution >= 4 is 79.3 Å². The van der Waals surface area contributed by atoms with Crippen molar-refractivity contribution < 1.29 is 47.5 Å². The fourth-order valence-corrected chi connectivity index (χ4v) is 9.64. The lowest BCUT2D eigenvalue weighted by molar-refractivity contribution is -0.136. The molecule has 1 unspecified atom stereocenters. The Kier molecular flexibility index (Phi) is 15.2. The van der Waals surface area contributed by atoms with Crippen molar-refractivity contribution in [1.82, 2.24) is 39.9 Å². The smallest absolute Gasteiger partial charge is 0.324 e. The van der Waals surface area contributed by atoms with E-state index in [1.165, 1.54) is 6.07 Å². The van der Waals surface area contributed by atoms with E-state index in [0.29, 0.717) is 56.0 Å². The van der Waals surface area contributed by atoms with E-state index in [-0.39, 0.29) is 48.4 Å². The summed E-state index contributed by atoms with van der Waals surface area (Å²) in [6.45, 7) is 13.9. The van der Waals surface area contributed by atoms with Crippen molar-refractivity contribution in [3.8, 4) is 17.0 Å². The molecule has 22 heteroatoms.